The fourth-order valence-electron chi connectivity index (χ4n) is 1.62. The monoisotopic (exact) mass is 292 g/mol. The Balaban J connectivity index is 1.94. The van der Waals surface area contributed by atoms with Crippen molar-refractivity contribution in [2.45, 2.75) is 6.92 Å². The molecule has 1 amide bonds. The molecule has 0 atom stereocenters. The van der Waals surface area contributed by atoms with E-state index in [2.05, 4.69) is 10.5 Å². The summed E-state index contributed by atoms with van der Waals surface area (Å²) in [5, 5.41) is 6.22. The third-order valence-electron chi connectivity index (χ3n) is 2.59. The number of hydrogen-bond acceptors (Lipinski definition) is 6. The van der Waals surface area contributed by atoms with Gasteiger partial charge in [-0.15, -0.1) is 0 Å². The average molecular weight is 292 g/mol. The fourth-order valence-corrected chi connectivity index (χ4v) is 1.62. The zero-order chi connectivity index (χ0) is 15.2. The van der Waals surface area contributed by atoms with Crippen LogP contribution in [-0.2, 0) is 4.79 Å². The molecule has 0 aliphatic heterocycles. The summed E-state index contributed by atoms with van der Waals surface area (Å²) < 4.78 is 20.5. The number of benzene rings is 1. The van der Waals surface area contributed by atoms with Crippen molar-refractivity contribution in [3.05, 3.63) is 30.0 Å². The number of ether oxygens (including phenoxy) is 3. The maximum atomic E-state index is 11.7. The molecular weight excluding hydrogens is 276 g/mol. The Kier molecular flexibility index (Phi) is 4.65. The number of hydrogen-bond donors (Lipinski definition) is 1. The summed E-state index contributed by atoms with van der Waals surface area (Å²) in [7, 11) is 3.08. The van der Waals surface area contributed by atoms with Crippen LogP contribution in [-0.4, -0.2) is 31.9 Å². The van der Waals surface area contributed by atoms with Gasteiger partial charge in [0.25, 0.3) is 5.91 Å². The lowest BCUT2D eigenvalue weighted by Crippen LogP contribution is -2.20. The Morgan fingerprint density at radius 2 is 1.76 bits per heavy atom. The number of nitrogens with one attached hydrogen (secondary N) is 1. The normalized spacial score (nSPS) is 10.0. The van der Waals surface area contributed by atoms with E-state index in [4.69, 9.17) is 18.7 Å². The number of carbonyl (C=O) groups is 1. The van der Waals surface area contributed by atoms with Crippen molar-refractivity contribution in [2.24, 2.45) is 0 Å². The largest absolute Gasteiger partial charge is 0.496 e. The first kappa shape index (κ1) is 14.7. The number of amides is 1. The molecule has 1 N–H and O–H groups in total. The molecule has 1 aromatic carbocycles. The molecular formula is C14H16N2O5. The first-order chi connectivity index (χ1) is 10.1. The van der Waals surface area contributed by atoms with Crippen molar-refractivity contribution in [3.8, 4) is 17.2 Å². The summed E-state index contributed by atoms with van der Waals surface area (Å²) >= 11 is 0. The van der Waals surface area contributed by atoms with Gasteiger partial charge in [-0.3, -0.25) is 4.79 Å². The third kappa shape index (κ3) is 4.13. The van der Waals surface area contributed by atoms with Crippen LogP contribution in [0.5, 0.6) is 17.2 Å². The van der Waals surface area contributed by atoms with E-state index in [1.54, 1.807) is 31.2 Å². The molecule has 2 aromatic rings. The molecule has 0 saturated carbocycles. The topological polar surface area (TPSA) is 82.8 Å². The number of anilines is 1. The van der Waals surface area contributed by atoms with Crippen LogP contribution in [0.25, 0.3) is 0 Å². The Morgan fingerprint density at radius 3 is 2.29 bits per heavy atom. The first-order valence-electron chi connectivity index (χ1n) is 6.19. The zero-order valence-corrected chi connectivity index (χ0v) is 12.0. The lowest BCUT2D eigenvalue weighted by molar-refractivity contribution is -0.118. The minimum atomic E-state index is -0.343. The quantitative estimate of drug-likeness (QED) is 0.877. The van der Waals surface area contributed by atoms with Crippen LogP contribution in [0.3, 0.4) is 0 Å². The number of rotatable bonds is 6. The van der Waals surface area contributed by atoms with Crippen LogP contribution in [0.2, 0.25) is 0 Å². The summed E-state index contributed by atoms with van der Waals surface area (Å²) in [5.74, 6) is 2.25. The van der Waals surface area contributed by atoms with Gasteiger partial charge in [0.15, 0.2) is 12.4 Å². The predicted octanol–water partition coefficient (Wildman–Crippen LogP) is 2.02. The van der Waals surface area contributed by atoms with Crippen molar-refractivity contribution in [2.75, 3.05) is 26.1 Å². The first-order valence-corrected chi connectivity index (χ1v) is 6.19. The predicted molar refractivity (Wildman–Crippen MR) is 74.9 cm³/mol. The van der Waals surface area contributed by atoms with Crippen molar-refractivity contribution < 1.29 is 23.5 Å². The van der Waals surface area contributed by atoms with Gasteiger partial charge in [-0.1, -0.05) is 5.16 Å². The number of nitrogens with zero attached hydrogens (tertiary/aromatic N) is 1. The highest BCUT2D eigenvalue weighted by Gasteiger charge is 2.08. The molecule has 0 aliphatic rings. The second-order valence-electron chi connectivity index (χ2n) is 4.21. The van der Waals surface area contributed by atoms with Gasteiger partial charge < -0.3 is 24.1 Å². The maximum absolute atomic E-state index is 11.7. The van der Waals surface area contributed by atoms with Crippen molar-refractivity contribution in [1.82, 2.24) is 5.16 Å². The Labute approximate surface area is 121 Å². The molecule has 0 spiro atoms. The summed E-state index contributed by atoms with van der Waals surface area (Å²) in [6.45, 7) is 1.57. The summed E-state index contributed by atoms with van der Waals surface area (Å²) in [6, 6.07) is 6.66. The van der Waals surface area contributed by atoms with Gasteiger partial charge in [-0.2, -0.15) is 0 Å². The minimum Gasteiger partial charge on any atom is -0.496 e. The molecule has 0 saturated heterocycles. The van der Waals surface area contributed by atoms with Crippen LogP contribution in [0.4, 0.5) is 5.82 Å². The van der Waals surface area contributed by atoms with Gasteiger partial charge in [0.2, 0.25) is 0 Å². The average Bonchev–Trinajstić information content (AvgIpc) is 2.89. The molecule has 0 unspecified atom stereocenters. The van der Waals surface area contributed by atoms with Gasteiger partial charge in [0.05, 0.1) is 14.2 Å². The van der Waals surface area contributed by atoms with Gasteiger partial charge in [-0.25, -0.2) is 0 Å². The van der Waals surface area contributed by atoms with Gasteiger partial charge >= 0.3 is 0 Å². The number of aromatic nitrogens is 1. The van der Waals surface area contributed by atoms with E-state index < -0.39 is 0 Å². The van der Waals surface area contributed by atoms with E-state index in [-0.39, 0.29) is 12.5 Å². The lowest BCUT2D eigenvalue weighted by atomic mass is 10.3. The Hall–Kier alpha value is -2.70. The highest BCUT2D eigenvalue weighted by atomic mass is 16.5. The Bertz CT molecular complexity index is 601. The molecule has 0 radical (unpaired) electrons. The molecule has 1 heterocycles. The molecule has 21 heavy (non-hydrogen) atoms. The van der Waals surface area contributed by atoms with E-state index in [0.29, 0.717) is 28.8 Å². The summed E-state index contributed by atoms with van der Waals surface area (Å²) in [5.41, 5.74) is 0. The van der Waals surface area contributed by atoms with E-state index in [1.807, 2.05) is 0 Å². The van der Waals surface area contributed by atoms with E-state index >= 15 is 0 Å². The third-order valence-corrected chi connectivity index (χ3v) is 2.59. The van der Waals surface area contributed by atoms with Crippen LogP contribution in [0.1, 0.15) is 5.76 Å². The SMILES string of the molecule is COc1cc(OC)cc(OCC(=O)Nc2cc(C)on2)c1. The van der Waals surface area contributed by atoms with E-state index in [9.17, 15) is 4.79 Å². The molecule has 0 bridgehead atoms. The molecule has 1 aromatic heterocycles. The highest BCUT2D eigenvalue weighted by molar-refractivity contribution is 5.90. The van der Waals surface area contributed by atoms with Crippen LogP contribution < -0.4 is 19.5 Å². The van der Waals surface area contributed by atoms with Crippen molar-refractivity contribution >= 4 is 11.7 Å². The molecule has 0 aliphatic carbocycles. The number of carbonyl (C=O) groups excluding carboxylic acids is 1. The Morgan fingerprint density at radius 1 is 1.14 bits per heavy atom. The molecule has 112 valence electrons. The summed E-state index contributed by atoms with van der Waals surface area (Å²) in [4.78, 5) is 11.7. The number of aryl methyl sites for hydroxylation is 1. The molecule has 0 fully saturated rings. The standard InChI is InChI=1S/C14H16N2O5/c1-9-4-13(16-21-9)15-14(17)8-20-12-6-10(18-2)5-11(7-12)19-3/h4-7H,8H2,1-3H3,(H,15,16,17). The second-order valence-corrected chi connectivity index (χ2v) is 4.21. The van der Waals surface area contributed by atoms with Crippen LogP contribution >= 0.6 is 0 Å². The van der Waals surface area contributed by atoms with Crippen molar-refractivity contribution in [1.29, 1.82) is 0 Å². The van der Waals surface area contributed by atoms with Crippen LogP contribution in [0, 0.1) is 6.92 Å². The maximum Gasteiger partial charge on any atom is 0.263 e. The van der Waals surface area contributed by atoms with Gasteiger partial charge in [-0.05, 0) is 6.92 Å². The second kappa shape index (κ2) is 6.65. The van der Waals surface area contributed by atoms with Gasteiger partial charge in [0.1, 0.15) is 23.0 Å². The smallest absolute Gasteiger partial charge is 0.263 e. The summed E-state index contributed by atoms with van der Waals surface area (Å²) in [6.07, 6.45) is 0. The lowest BCUT2D eigenvalue weighted by Gasteiger charge is -2.09. The highest BCUT2D eigenvalue weighted by Crippen LogP contribution is 2.27. The fraction of sp³-hybridized carbons (Fsp3) is 0.286. The van der Waals surface area contributed by atoms with E-state index in [0.717, 1.165) is 0 Å². The van der Waals surface area contributed by atoms with Gasteiger partial charge in [0, 0.05) is 24.3 Å². The minimum absolute atomic E-state index is 0.164. The molecule has 7 heteroatoms. The molecule has 7 nitrogen and oxygen atoms in total. The van der Waals surface area contributed by atoms with Crippen LogP contribution in [0.15, 0.2) is 28.8 Å². The van der Waals surface area contributed by atoms with E-state index in [1.165, 1.54) is 14.2 Å². The molecule has 2 rings (SSSR count). The zero-order valence-electron chi connectivity index (χ0n) is 12.0. The van der Waals surface area contributed by atoms with Crippen molar-refractivity contribution in [3.63, 3.8) is 0 Å². The number of methoxy groups -OCH3 is 2.